The zero-order valence-electron chi connectivity index (χ0n) is 12.0. The Morgan fingerprint density at radius 1 is 1.05 bits per heavy atom. The third-order valence-corrected chi connectivity index (χ3v) is 3.30. The van der Waals surface area contributed by atoms with Crippen LogP contribution in [0.15, 0.2) is 48.5 Å². The Labute approximate surface area is 124 Å². The number of fused-ring (bicyclic) bond motifs is 1. The van der Waals surface area contributed by atoms with Crippen molar-refractivity contribution in [2.24, 2.45) is 0 Å². The Morgan fingerprint density at radius 2 is 1.81 bits per heavy atom. The minimum atomic E-state index is -0.277. The summed E-state index contributed by atoms with van der Waals surface area (Å²) in [5, 5.41) is 2.27. The number of ether oxygens (including phenoxy) is 1. The van der Waals surface area contributed by atoms with Gasteiger partial charge in [-0.3, -0.25) is 9.59 Å². The lowest BCUT2D eigenvalue weighted by Gasteiger charge is -2.01. The normalized spacial score (nSPS) is 10.9. The van der Waals surface area contributed by atoms with Gasteiger partial charge in [0.15, 0.2) is 5.78 Å². The first-order valence-corrected chi connectivity index (χ1v) is 6.96. The number of methoxy groups -OCH3 is 1. The first kappa shape index (κ1) is 15.0. The number of hydrogen-bond donors (Lipinski definition) is 0. The molecule has 0 spiro atoms. The maximum absolute atomic E-state index is 11.8. The Bertz CT molecular complexity index is 666. The van der Waals surface area contributed by atoms with Crippen LogP contribution >= 0.6 is 0 Å². The summed E-state index contributed by atoms with van der Waals surface area (Å²) >= 11 is 0. The van der Waals surface area contributed by atoms with Crippen molar-refractivity contribution < 1.29 is 14.3 Å². The molecule has 0 aromatic heterocycles. The molecule has 3 heteroatoms. The van der Waals surface area contributed by atoms with Crippen molar-refractivity contribution in [3.8, 4) is 0 Å². The Balaban J connectivity index is 1.99. The fourth-order valence-electron chi connectivity index (χ4n) is 2.17. The number of hydrogen-bond acceptors (Lipinski definition) is 3. The van der Waals surface area contributed by atoms with E-state index in [1.165, 1.54) is 7.11 Å². The second-order valence-electron chi connectivity index (χ2n) is 4.80. The lowest BCUT2D eigenvalue weighted by atomic mass is 10.0. The highest BCUT2D eigenvalue weighted by Crippen LogP contribution is 2.19. The van der Waals surface area contributed by atoms with Gasteiger partial charge in [-0.25, -0.2) is 0 Å². The summed E-state index contributed by atoms with van der Waals surface area (Å²) in [5.41, 5.74) is 1.02. The largest absolute Gasteiger partial charge is 0.469 e. The molecule has 21 heavy (non-hydrogen) atoms. The minimum Gasteiger partial charge on any atom is -0.469 e. The fourth-order valence-corrected chi connectivity index (χ4v) is 2.17. The van der Waals surface area contributed by atoms with Crippen LogP contribution in [-0.4, -0.2) is 18.9 Å². The number of benzene rings is 2. The Hall–Kier alpha value is -2.42. The summed E-state index contributed by atoms with van der Waals surface area (Å²) in [6, 6.07) is 14.1. The monoisotopic (exact) mass is 282 g/mol. The summed E-state index contributed by atoms with van der Waals surface area (Å²) in [5.74, 6) is -0.257. The molecule has 0 heterocycles. The maximum atomic E-state index is 11.8. The molecule has 0 bridgehead atoms. The van der Waals surface area contributed by atoms with E-state index in [9.17, 15) is 9.59 Å². The number of rotatable bonds is 6. The van der Waals surface area contributed by atoms with E-state index >= 15 is 0 Å². The van der Waals surface area contributed by atoms with Crippen molar-refractivity contribution in [1.82, 2.24) is 0 Å². The van der Waals surface area contributed by atoms with Gasteiger partial charge >= 0.3 is 5.97 Å². The second kappa shape index (κ2) is 7.39. The van der Waals surface area contributed by atoms with Crippen LogP contribution in [0, 0.1) is 0 Å². The molecule has 0 aliphatic rings. The van der Waals surface area contributed by atoms with E-state index in [0.29, 0.717) is 12.8 Å². The topological polar surface area (TPSA) is 43.4 Å². The second-order valence-corrected chi connectivity index (χ2v) is 4.80. The van der Waals surface area contributed by atoms with E-state index < -0.39 is 0 Å². The molecule has 0 unspecified atom stereocenters. The molecule has 0 saturated heterocycles. The van der Waals surface area contributed by atoms with Crippen LogP contribution in [0.5, 0.6) is 0 Å². The predicted molar refractivity (Wildman–Crippen MR) is 83.9 cm³/mol. The zero-order chi connectivity index (χ0) is 15.1. The molecule has 3 nitrogen and oxygen atoms in total. The van der Waals surface area contributed by atoms with Crippen molar-refractivity contribution in [2.75, 3.05) is 7.11 Å². The zero-order valence-corrected chi connectivity index (χ0v) is 12.0. The minimum absolute atomic E-state index is 0.0202. The molecule has 0 aliphatic heterocycles. The molecular weight excluding hydrogens is 264 g/mol. The average molecular weight is 282 g/mol. The number of ketones is 1. The molecule has 0 radical (unpaired) electrons. The van der Waals surface area contributed by atoms with Gasteiger partial charge in [-0.2, -0.15) is 0 Å². The molecule has 0 saturated carbocycles. The molecule has 0 amide bonds. The van der Waals surface area contributed by atoms with Crippen LogP contribution in [0.3, 0.4) is 0 Å². The fraction of sp³-hybridized carbons (Fsp3) is 0.222. The molecule has 2 rings (SSSR count). The van der Waals surface area contributed by atoms with Crippen molar-refractivity contribution in [3.63, 3.8) is 0 Å². The summed E-state index contributed by atoms with van der Waals surface area (Å²) in [6.45, 7) is 0. The standard InChI is InChI=1S/C18H18O3/c1-21-18(20)11-5-9-16(19)13-12-15-8-4-7-14-6-2-3-10-17(14)15/h2-4,6-8,10,12-13H,5,9,11H2,1H3/b13-12+. The third-order valence-electron chi connectivity index (χ3n) is 3.30. The molecule has 0 fully saturated rings. The number of carbonyl (C=O) groups is 2. The van der Waals surface area contributed by atoms with Crippen LogP contribution in [0.4, 0.5) is 0 Å². The van der Waals surface area contributed by atoms with Gasteiger partial charge in [-0.05, 0) is 28.8 Å². The van der Waals surface area contributed by atoms with Crippen LogP contribution in [0.1, 0.15) is 24.8 Å². The summed E-state index contributed by atoms with van der Waals surface area (Å²) < 4.78 is 4.54. The van der Waals surface area contributed by atoms with Gasteiger partial charge in [0.05, 0.1) is 7.11 Å². The number of allylic oxidation sites excluding steroid dienone is 1. The van der Waals surface area contributed by atoms with Gasteiger partial charge in [-0.15, -0.1) is 0 Å². The molecule has 0 N–H and O–H groups in total. The summed E-state index contributed by atoms with van der Waals surface area (Å²) in [7, 11) is 1.35. The Morgan fingerprint density at radius 3 is 2.62 bits per heavy atom. The highest BCUT2D eigenvalue weighted by Gasteiger charge is 2.03. The first-order valence-electron chi connectivity index (χ1n) is 6.96. The molecule has 2 aromatic carbocycles. The van der Waals surface area contributed by atoms with Gasteiger partial charge in [0, 0.05) is 12.8 Å². The van der Waals surface area contributed by atoms with E-state index in [1.807, 2.05) is 48.5 Å². The lowest BCUT2D eigenvalue weighted by Crippen LogP contribution is -2.01. The van der Waals surface area contributed by atoms with Crippen molar-refractivity contribution >= 4 is 28.6 Å². The summed E-state index contributed by atoms with van der Waals surface area (Å²) in [6.07, 6.45) is 4.58. The lowest BCUT2D eigenvalue weighted by molar-refractivity contribution is -0.140. The molecule has 2 aromatic rings. The van der Waals surface area contributed by atoms with Crippen LogP contribution < -0.4 is 0 Å². The smallest absolute Gasteiger partial charge is 0.305 e. The maximum Gasteiger partial charge on any atom is 0.305 e. The highest BCUT2D eigenvalue weighted by atomic mass is 16.5. The van der Waals surface area contributed by atoms with Gasteiger partial charge in [-0.1, -0.05) is 48.5 Å². The van der Waals surface area contributed by atoms with Gasteiger partial charge in [0.2, 0.25) is 0 Å². The van der Waals surface area contributed by atoms with Crippen LogP contribution in [0.25, 0.3) is 16.8 Å². The Kier molecular flexibility index (Phi) is 5.27. The van der Waals surface area contributed by atoms with Crippen molar-refractivity contribution in [1.29, 1.82) is 0 Å². The van der Waals surface area contributed by atoms with Gasteiger partial charge in [0.25, 0.3) is 0 Å². The number of esters is 1. The van der Waals surface area contributed by atoms with Crippen LogP contribution in [-0.2, 0) is 14.3 Å². The quantitative estimate of drug-likeness (QED) is 0.598. The molecule has 0 aliphatic carbocycles. The highest BCUT2D eigenvalue weighted by molar-refractivity contribution is 5.97. The molecule has 0 atom stereocenters. The van der Waals surface area contributed by atoms with Crippen molar-refractivity contribution in [2.45, 2.75) is 19.3 Å². The summed E-state index contributed by atoms with van der Waals surface area (Å²) in [4.78, 5) is 22.8. The average Bonchev–Trinajstić information content (AvgIpc) is 2.52. The first-order chi connectivity index (χ1) is 10.2. The van der Waals surface area contributed by atoms with Crippen LogP contribution in [0.2, 0.25) is 0 Å². The number of carbonyl (C=O) groups excluding carboxylic acids is 2. The van der Waals surface area contributed by atoms with Gasteiger partial charge in [0.1, 0.15) is 0 Å². The van der Waals surface area contributed by atoms with E-state index in [0.717, 1.165) is 16.3 Å². The predicted octanol–water partition coefficient (Wildman–Crippen LogP) is 3.77. The van der Waals surface area contributed by atoms with Gasteiger partial charge < -0.3 is 4.74 Å². The van der Waals surface area contributed by atoms with E-state index in [-0.39, 0.29) is 18.2 Å². The van der Waals surface area contributed by atoms with E-state index in [4.69, 9.17) is 0 Å². The van der Waals surface area contributed by atoms with E-state index in [1.54, 1.807) is 6.08 Å². The third kappa shape index (κ3) is 4.28. The van der Waals surface area contributed by atoms with Crippen molar-refractivity contribution in [3.05, 3.63) is 54.1 Å². The SMILES string of the molecule is COC(=O)CCCC(=O)/C=C/c1cccc2ccccc12. The molecule has 108 valence electrons. The molecular formula is C18H18O3. The van der Waals surface area contributed by atoms with E-state index in [2.05, 4.69) is 4.74 Å².